The number of aryl methyl sites for hydroxylation is 1. The fourth-order valence-corrected chi connectivity index (χ4v) is 2.21. The van der Waals surface area contributed by atoms with Crippen molar-refractivity contribution in [1.82, 2.24) is 15.1 Å². The largest absolute Gasteiger partial charge is 0.395 e. The van der Waals surface area contributed by atoms with Crippen LogP contribution in [0.3, 0.4) is 0 Å². The zero-order chi connectivity index (χ0) is 10.1. The third-order valence-electron chi connectivity index (χ3n) is 3.22. The van der Waals surface area contributed by atoms with Crippen LogP contribution >= 0.6 is 0 Å². The van der Waals surface area contributed by atoms with Gasteiger partial charge in [0, 0.05) is 24.7 Å². The van der Waals surface area contributed by atoms with Gasteiger partial charge in [-0.15, -0.1) is 0 Å². The Hall–Kier alpha value is -0.870. The second-order valence-electron chi connectivity index (χ2n) is 3.95. The summed E-state index contributed by atoms with van der Waals surface area (Å²) in [5.74, 6) is 0.425. The minimum atomic E-state index is 0.206. The minimum Gasteiger partial charge on any atom is -0.395 e. The molecule has 0 radical (unpaired) electrons. The number of rotatable bonds is 2. The molecule has 0 spiro atoms. The van der Waals surface area contributed by atoms with E-state index in [4.69, 9.17) is 0 Å². The molecular formula is C10H17N3O. The molecule has 2 rings (SSSR count). The lowest BCUT2D eigenvalue weighted by atomic mass is 9.93. The van der Waals surface area contributed by atoms with Crippen LogP contribution in [0.15, 0.2) is 6.20 Å². The normalized spacial score (nSPS) is 27.1. The van der Waals surface area contributed by atoms with E-state index in [1.54, 1.807) is 0 Å². The molecule has 1 fully saturated rings. The molecule has 2 unspecified atom stereocenters. The molecule has 2 heterocycles. The van der Waals surface area contributed by atoms with Crippen LogP contribution in [0, 0.1) is 6.92 Å². The van der Waals surface area contributed by atoms with Gasteiger partial charge in [0.25, 0.3) is 0 Å². The second kappa shape index (κ2) is 3.71. The summed E-state index contributed by atoms with van der Waals surface area (Å²) in [6.45, 7) is 3.28. The lowest BCUT2D eigenvalue weighted by Crippen LogP contribution is -2.29. The summed E-state index contributed by atoms with van der Waals surface area (Å²) in [4.78, 5) is 0. The topological polar surface area (TPSA) is 50.1 Å². The molecule has 0 saturated carbocycles. The van der Waals surface area contributed by atoms with Gasteiger partial charge >= 0.3 is 0 Å². The number of aliphatic hydroxyl groups is 1. The summed E-state index contributed by atoms with van der Waals surface area (Å²) in [7, 11) is 1.95. The fourth-order valence-electron chi connectivity index (χ4n) is 2.21. The van der Waals surface area contributed by atoms with E-state index in [-0.39, 0.29) is 12.6 Å². The highest BCUT2D eigenvalue weighted by molar-refractivity contribution is 5.24. The summed E-state index contributed by atoms with van der Waals surface area (Å²) in [6, 6.07) is 0.206. The Morgan fingerprint density at radius 2 is 2.50 bits per heavy atom. The number of nitrogens with one attached hydrogen (secondary N) is 1. The molecule has 0 aliphatic carbocycles. The predicted octanol–water partition coefficient (Wildman–Crippen LogP) is 0.166. The number of hydrogen-bond acceptors (Lipinski definition) is 3. The monoisotopic (exact) mass is 195 g/mol. The van der Waals surface area contributed by atoms with Crippen molar-refractivity contribution in [3.63, 3.8) is 0 Å². The van der Waals surface area contributed by atoms with E-state index in [2.05, 4.69) is 17.3 Å². The van der Waals surface area contributed by atoms with E-state index in [9.17, 15) is 5.11 Å². The average molecular weight is 195 g/mol. The number of aliphatic hydroxyl groups excluding tert-OH is 1. The molecule has 0 bridgehead atoms. The molecule has 4 nitrogen and oxygen atoms in total. The summed E-state index contributed by atoms with van der Waals surface area (Å²) < 4.78 is 1.89. The smallest absolute Gasteiger partial charge is 0.0590 e. The molecule has 1 aromatic rings. The third-order valence-corrected chi connectivity index (χ3v) is 3.22. The van der Waals surface area contributed by atoms with Gasteiger partial charge in [0.15, 0.2) is 0 Å². The summed E-state index contributed by atoms with van der Waals surface area (Å²) in [6.07, 6.45) is 3.02. The van der Waals surface area contributed by atoms with Crippen molar-refractivity contribution in [3.8, 4) is 0 Å². The molecule has 1 aromatic heterocycles. The van der Waals surface area contributed by atoms with Crippen molar-refractivity contribution in [1.29, 1.82) is 0 Å². The molecular weight excluding hydrogens is 178 g/mol. The van der Waals surface area contributed by atoms with Crippen molar-refractivity contribution >= 4 is 0 Å². The van der Waals surface area contributed by atoms with Gasteiger partial charge in [0.1, 0.15) is 0 Å². The Kier molecular flexibility index (Phi) is 2.56. The van der Waals surface area contributed by atoms with E-state index < -0.39 is 0 Å². The van der Waals surface area contributed by atoms with Crippen LogP contribution in [0.4, 0.5) is 0 Å². The molecule has 0 amide bonds. The Bertz CT molecular complexity index is 321. The lowest BCUT2D eigenvalue weighted by molar-refractivity contribution is 0.245. The Balaban J connectivity index is 2.26. The first-order valence-corrected chi connectivity index (χ1v) is 5.06. The standard InChI is InChI=1S/C10H17N3O/c1-7-9(5-12-13(7)2)8-3-4-11-10(8)6-14/h5,8,10-11,14H,3-4,6H2,1-2H3. The highest BCUT2D eigenvalue weighted by Gasteiger charge is 2.29. The molecule has 1 aliphatic rings. The average Bonchev–Trinajstić information content (AvgIpc) is 2.75. The van der Waals surface area contributed by atoms with Gasteiger partial charge in [-0.3, -0.25) is 4.68 Å². The second-order valence-corrected chi connectivity index (χ2v) is 3.95. The summed E-state index contributed by atoms with van der Waals surface area (Å²) >= 11 is 0. The first kappa shape index (κ1) is 9.68. The Morgan fingerprint density at radius 3 is 3.07 bits per heavy atom. The van der Waals surface area contributed by atoms with Crippen LogP contribution in [-0.4, -0.2) is 34.1 Å². The minimum absolute atomic E-state index is 0.206. The maximum absolute atomic E-state index is 9.21. The van der Waals surface area contributed by atoms with Gasteiger partial charge in [0.2, 0.25) is 0 Å². The molecule has 1 saturated heterocycles. The maximum Gasteiger partial charge on any atom is 0.0590 e. The Labute approximate surface area is 83.9 Å². The first-order valence-electron chi connectivity index (χ1n) is 5.06. The molecule has 1 aliphatic heterocycles. The lowest BCUT2D eigenvalue weighted by Gasteiger charge is -2.16. The van der Waals surface area contributed by atoms with Crippen molar-refractivity contribution in [3.05, 3.63) is 17.5 Å². The van der Waals surface area contributed by atoms with Gasteiger partial charge in [-0.2, -0.15) is 5.10 Å². The van der Waals surface area contributed by atoms with Gasteiger partial charge in [-0.1, -0.05) is 0 Å². The van der Waals surface area contributed by atoms with Crippen LogP contribution in [0.25, 0.3) is 0 Å². The molecule has 2 atom stereocenters. The number of nitrogens with zero attached hydrogens (tertiary/aromatic N) is 2. The van der Waals surface area contributed by atoms with E-state index in [0.29, 0.717) is 5.92 Å². The zero-order valence-electron chi connectivity index (χ0n) is 8.70. The maximum atomic E-state index is 9.21. The highest BCUT2D eigenvalue weighted by Crippen LogP contribution is 2.29. The van der Waals surface area contributed by atoms with Crippen molar-refractivity contribution in [2.24, 2.45) is 7.05 Å². The number of aromatic nitrogens is 2. The number of hydrogen-bond donors (Lipinski definition) is 2. The molecule has 4 heteroatoms. The van der Waals surface area contributed by atoms with Crippen molar-refractivity contribution in [2.45, 2.75) is 25.3 Å². The fraction of sp³-hybridized carbons (Fsp3) is 0.700. The van der Waals surface area contributed by atoms with Crippen LogP contribution in [0.5, 0.6) is 0 Å². The van der Waals surface area contributed by atoms with Crippen LogP contribution < -0.4 is 5.32 Å². The van der Waals surface area contributed by atoms with E-state index in [1.165, 1.54) is 11.3 Å². The van der Waals surface area contributed by atoms with Gasteiger partial charge < -0.3 is 10.4 Å². The quantitative estimate of drug-likeness (QED) is 0.707. The molecule has 0 aromatic carbocycles. The van der Waals surface area contributed by atoms with Gasteiger partial charge in [0.05, 0.1) is 12.8 Å². The zero-order valence-corrected chi connectivity index (χ0v) is 8.70. The van der Waals surface area contributed by atoms with Gasteiger partial charge in [-0.25, -0.2) is 0 Å². The highest BCUT2D eigenvalue weighted by atomic mass is 16.3. The summed E-state index contributed by atoms with van der Waals surface area (Å²) in [5, 5.41) is 16.7. The molecule has 78 valence electrons. The van der Waals surface area contributed by atoms with E-state index in [1.807, 2.05) is 17.9 Å². The third kappa shape index (κ3) is 1.44. The van der Waals surface area contributed by atoms with Crippen molar-refractivity contribution < 1.29 is 5.11 Å². The molecule has 14 heavy (non-hydrogen) atoms. The van der Waals surface area contributed by atoms with E-state index in [0.717, 1.165) is 13.0 Å². The predicted molar refractivity (Wildman–Crippen MR) is 54.2 cm³/mol. The van der Waals surface area contributed by atoms with Crippen LogP contribution in [0.2, 0.25) is 0 Å². The summed E-state index contributed by atoms with van der Waals surface area (Å²) in [5.41, 5.74) is 2.48. The molecule has 2 N–H and O–H groups in total. The van der Waals surface area contributed by atoms with E-state index >= 15 is 0 Å². The van der Waals surface area contributed by atoms with Gasteiger partial charge in [-0.05, 0) is 25.5 Å². The Morgan fingerprint density at radius 1 is 1.71 bits per heavy atom. The first-order chi connectivity index (χ1) is 6.74. The SMILES string of the molecule is Cc1c(C2CCNC2CO)cnn1C. The van der Waals surface area contributed by atoms with Crippen LogP contribution in [-0.2, 0) is 7.05 Å². The van der Waals surface area contributed by atoms with Crippen molar-refractivity contribution in [2.75, 3.05) is 13.2 Å². The van der Waals surface area contributed by atoms with Crippen LogP contribution in [0.1, 0.15) is 23.6 Å².